The number of likely N-dealkylation sites (tertiary alicyclic amines) is 1. The fraction of sp³-hybridized carbons (Fsp3) is 0.550. The third kappa shape index (κ3) is 3.12. The minimum atomic E-state index is -0.140. The van der Waals surface area contributed by atoms with Crippen molar-refractivity contribution >= 4 is 33.2 Å². The summed E-state index contributed by atoms with van der Waals surface area (Å²) in [5.74, 6) is -0.0605. The van der Waals surface area contributed by atoms with Gasteiger partial charge in [0.2, 0.25) is 0 Å². The van der Waals surface area contributed by atoms with E-state index in [1.807, 2.05) is 10.3 Å². The van der Waals surface area contributed by atoms with Gasteiger partial charge in [0.05, 0.1) is 10.3 Å². The number of fused-ring (bicyclic) bond motifs is 3. The molecule has 5 rings (SSSR count). The van der Waals surface area contributed by atoms with E-state index in [0.29, 0.717) is 23.3 Å². The van der Waals surface area contributed by atoms with Crippen molar-refractivity contribution < 1.29 is 9.59 Å². The number of nitrogens with one attached hydrogen (secondary N) is 2. The molecule has 2 bridgehead atoms. The molecule has 5 heterocycles. The largest absolute Gasteiger partial charge is 0.346 e. The van der Waals surface area contributed by atoms with Crippen molar-refractivity contribution in [1.29, 1.82) is 0 Å². The summed E-state index contributed by atoms with van der Waals surface area (Å²) in [4.78, 5) is 31.9. The Morgan fingerprint density at radius 3 is 2.81 bits per heavy atom. The van der Waals surface area contributed by atoms with Gasteiger partial charge in [-0.3, -0.25) is 9.59 Å². The van der Waals surface area contributed by atoms with E-state index in [9.17, 15) is 9.59 Å². The molecule has 0 unspecified atom stereocenters. The molecule has 2 N–H and O–H groups in total. The fourth-order valence-electron chi connectivity index (χ4n) is 4.72. The molecule has 0 radical (unpaired) electrons. The van der Waals surface area contributed by atoms with E-state index in [1.54, 1.807) is 12.3 Å². The zero-order valence-electron chi connectivity index (χ0n) is 15.2. The molecule has 3 aliphatic heterocycles. The first-order valence-corrected chi connectivity index (χ1v) is 10.8. The summed E-state index contributed by atoms with van der Waals surface area (Å²) in [6, 6.07) is 2.91. The van der Waals surface area contributed by atoms with E-state index in [4.69, 9.17) is 0 Å². The lowest BCUT2D eigenvalue weighted by Gasteiger charge is -2.26. The van der Waals surface area contributed by atoms with Gasteiger partial charge in [0.25, 0.3) is 11.8 Å². The van der Waals surface area contributed by atoms with Gasteiger partial charge in [-0.25, -0.2) is 4.98 Å². The van der Waals surface area contributed by atoms with Gasteiger partial charge in [0, 0.05) is 48.2 Å². The summed E-state index contributed by atoms with van der Waals surface area (Å²) in [6.07, 6.45) is 8.39. The molecule has 3 atom stereocenters. The Bertz CT molecular complexity index is 889. The topological polar surface area (TPSA) is 74.3 Å². The first-order chi connectivity index (χ1) is 13.2. The second-order valence-electron chi connectivity index (χ2n) is 7.93. The molecule has 27 heavy (non-hydrogen) atoms. The number of hydrogen-bond acceptors (Lipinski definition) is 5. The van der Waals surface area contributed by atoms with Crippen LogP contribution >= 0.6 is 11.3 Å². The molecule has 0 saturated carbocycles. The lowest BCUT2D eigenvalue weighted by molar-refractivity contribution is 0.0726. The number of aromatic nitrogens is 1. The standard InChI is InChI=1S/C20H24N4O2S/c25-19(23-16-8-12-4-5-15(16)22-12)17-9-13-14(11-27-18(13)10-21-17)20(26)24-6-2-1-3-7-24/h9-12,15-16,22H,1-8H2,(H,23,25)/t12-,15+,16-/m1/s1. The average molecular weight is 385 g/mol. The molecule has 142 valence electrons. The third-order valence-corrected chi connectivity index (χ3v) is 7.12. The number of thiophene rings is 1. The zero-order valence-corrected chi connectivity index (χ0v) is 16.1. The molecule has 3 saturated heterocycles. The van der Waals surface area contributed by atoms with Crippen LogP contribution in [0, 0.1) is 0 Å². The van der Waals surface area contributed by atoms with Gasteiger partial charge >= 0.3 is 0 Å². The third-order valence-electron chi connectivity index (χ3n) is 6.18. The minimum absolute atomic E-state index is 0.0795. The quantitative estimate of drug-likeness (QED) is 0.853. The van der Waals surface area contributed by atoms with Crippen molar-refractivity contribution in [2.24, 2.45) is 0 Å². The van der Waals surface area contributed by atoms with Gasteiger partial charge in [-0.1, -0.05) is 0 Å². The number of pyridine rings is 1. The normalized spacial score (nSPS) is 27.3. The Hall–Kier alpha value is -1.99. The number of carbonyl (C=O) groups excluding carboxylic acids is 2. The first-order valence-electron chi connectivity index (χ1n) is 9.92. The molecule has 7 heteroatoms. The number of rotatable bonds is 3. The molecular formula is C20H24N4O2S. The van der Waals surface area contributed by atoms with E-state index in [2.05, 4.69) is 15.6 Å². The SMILES string of the molecule is O=C(N[C@@H]1C[C@H]2CC[C@@H]1N2)c1cc2c(C(=O)N3CCCCC3)csc2cn1. The molecule has 6 nitrogen and oxygen atoms in total. The summed E-state index contributed by atoms with van der Waals surface area (Å²) < 4.78 is 0.952. The molecule has 2 amide bonds. The smallest absolute Gasteiger partial charge is 0.270 e. The van der Waals surface area contributed by atoms with Crippen LogP contribution in [0.25, 0.3) is 10.1 Å². The zero-order chi connectivity index (χ0) is 18.4. The summed E-state index contributed by atoms with van der Waals surface area (Å²) >= 11 is 1.52. The molecule has 2 aromatic rings. The van der Waals surface area contributed by atoms with Crippen molar-refractivity contribution in [3.63, 3.8) is 0 Å². The maximum Gasteiger partial charge on any atom is 0.270 e. The predicted octanol–water partition coefficient (Wildman–Crippen LogP) is 2.55. The summed E-state index contributed by atoms with van der Waals surface area (Å²) in [6.45, 7) is 1.65. The van der Waals surface area contributed by atoms with E-state index >= 15 is 0 Å². The molecule has 3 fully saturated rings. The van der Waals surface area contributed by atoms with Gasteiger partial charge < -0.3 is 15.5 Å². The van der Waals surface area contributed by atoms with Crippen molar-refractivity contribution in [2.45, 2.75) is 56.7 Å². The van der Waals surface area contributed by atoms with Gasteiger partial charge in [-0.2, -0.15) is 0 Å². The molecule has 0 aliphatic carbocycles. The summed E-state index contributed by atoms with van der Waals surface area (Å²) in [5.41, 5.74) is 1.10. The molecule has 0 aromatic carbocycles. The van der Waals surface area contributed by atoms with E-state index in [-0.39, 0.29) is 17.9 Å². The van der Waals surface area contributed by atoms with Crippen LogP contribution in [0.4, 0.5) is 0 Å². The predicted molar refractivity (Wildman–Crippen MR) is 105 cm³/mol. The Labute approximate surface area is 162 Å². The van der Waals surface area contributed by atoms with E-state index < -0.39 is 0 Å². The maximum absolute atomic E-state index is 12.9. The van der Waals surface area contributed by atoms with Crippen LogP contribution in [0.3, 0.4) is 0 Å². The Morgan fingerprint density at radius 1 is 1.22 bits per heavy atom. The number of amides is 2. The highest BCUT2D eigenvalue weighted by molar-refractivity contribution is 7.17. The fourth-order valence-corrected chi connectivity index (χ4v) is 5.60. The first kappa shape index (κ1) is 17.1. The van der Waals surface area contributed by atoms with Crippen molar-refractivity contribution in [3.8, 4) is 0 Å². The highest BCUT2D eigenvalue weighted by Gasteiger charge is 2.39. The van der Waals surface area contributed by atoms with E-state index in [1.165, 1.54) is 24.2 Å². The Kier molecular flexibility index (Phi) is 4.36. The molecule has 0 spiro atoms. The highest BCUT2D eigenvalue weighted by Crippen LogP contribution is 2.30. The van der Waals surface area contributed by atoms with Crippen molar-refractivity contribution in [3.05, 3.63) is 28.9 Å². The van der Waals surface area contributed by atoms with Crippen LogP contribution in [0.2, 0.25) is 0 Å². The van der Waals surface area contributed by atoms with Gasteiger partial charge in [0.1, 0.15) is 5.69 Å². The lowest BCUT2D eigenvalue weighted by Crippen LogP contribution is -2.43. The molecule has 2 aromatic heterocycles. The van der Waals surface area contributed by atoms with Crippen LogP contribution in [0.15, 0.2) is 17.6 Å². The Balaban J connectivity index is 1.37. The van der Waals surface area contributed by atoms with Gasteiger partial charge in [0.15, 0.2) is 0 Å². The van der Waals surface area contributed by atoms with Crippen LogP contribution in [-0.2, 0) is 0 Å². The van der Waals surface area contributed by atoms with Crippen LogP contribution in [0.5, 0.6) is 0 Å². The maximum atomic E-state index is 12.9. The van der Waals surface area contributed by atoms with Crippen LogP contribution in [-0.4, -0.2) is 52.9 Å². The van der Waals surface area contributed by atoms with Gasteiger partial charge in [-0.15, -0.1) is 11.3 Å². The number of hydrogen-bond donors (Lipinski definition) is 2. The monoisotopic (exact) mass is 384 g/mol. The van der Waals surface area contributed by atoms with Crippen molar-refractivity contribution in [1.82, 2.24) is 20.5 Å². The number of carbonyl (C=O) groups is 2. The van der Waals surface area contributed by atoms with Crippen molar-refractivity contribution in [2.75, 3.05) is 13.1 Å². The second-order valence-corrected chi connectivity index (χ2v) is 8.84. The second kappa shape index (κ2) is 6.87. The van der Waals surface area contributed by atoms with E-state index in [0.717, 1.165) is 48.9 Å². The molecule has 3 aliphatic rings. The number of nitrogens with zero attached hydrogens (tertiary/aromatic N) is 2. The van der Waals surface area contributed by atoms with Gasteiger partial charge in [-0.05, 0) is 44.6 Å². The minimum Gasteiger partial charge on any atom is -0.346 e. The molecular weight excluding hydrogens is 360 g/mol. The average Bonchev–Trinajstić information content (AvgIpc) is 3.43. The number of piperidine rings is 1. The summed E-state index contributed by atoms with van der Waals surface area (Å²) in [7, 11) is 0. The Morgan fingerprint density at radius 2 is 2.07 bits per heavy atom. The summed E-state index contributed by atoms with van der Waals surface area (Å²) in [5, 5.41) is 9.43. The lowest BCUT2D eigenvalue weighted by atomic mass is 9.95. The highest BCUT2D eigenvalue weighted by atomic mass is 32.1. The van der Waals surface area contributed by atoms with Crippen LogP contribution in [0.1, 0.15) is 59.4 Å². The van der Waals surface area contributed by atoms with Crippen LogP contribution < -0.4 is 10.6 Å².